The predicted molar refractivity (Wildman–Crippen MR) is 127 cm³/mol. The molecular formula is C23H20ClF6N5O5. The molecule has 10 nitrogen and oxygen atoms in total. The van der Waals surface area contributed by atoms with E-state index in [4.69, 9.17) is 16.7 Å². The maximum Gasteiger partial charge on any atom is 0.416 e. The molecule has 3 aromatic rings. The first kappa shape index (κ1) is 30.5. The molecule has 3 rings (SSSR count). The summed E-state index contributed by atoms with van der Waals surface area (Å²) in [7, 11) is 0. The van der Waals surface area contributed by atoms with Gasteiger partial charge >= 0.3 is 24.1 Å². The van der Waals surface area contributed by atoms with Gasteiger partial charge in [-0.2, -0.15) is 26.3 Å². The normalized spacial score (nSPS) is 13.5. The van der Waals surface area contributed by atoms with Crippen LogP contribution >= 0.6 is 11.6 Å². The number of hydrogen-bond acceptors (Lipinski definition) is 5. The molecule has 40 heavy (non-hydrogen) atoms. The third kappa shape index (κ3) is 7.75. The zero-order valence-electron chi connectivity index (χ0n) is 20.0. The van der Waals surface area contributed by atoms with Crippen LogP contribution in [-0.2, 0) is 24.1 Å². The van der Waals surface area contributed by atoms with Crippen molar-refractivity contribution in [1.29, 1.82) is 0 Å². The molecule has 0 radical (unpaired) electrons. The monoisotopic (exact) mass is 595 g/mol. The average molecular weight is 596 g/mol. The van der Waals surface area contributed by atoms with E-state index in [0.717, 1.165) is 12.1 Å². The minimum absolute atomic E-state index is 0.120. The average Bonchev–Trinajstić information content (AvgIpc) is 3.15. The largest absolute Gasteiger partial charge is 0.465 e. The van der Waals surface area contributed by atoms with Gasteiger partial charge in [-0.05, 0) is 42.0 Å². The van der Waals surface area contributed by atoms with Crippen molar-refractivity contribution in [2.24, 2.45) is 0 Å². The first-order chi connectivity index (χ1) is 18.6. The summed E-state index contributed by atoms with van der Waals surface area (Å²) >= 11 is 5.83. The quantitative estimate of drug-likeness (QED) is 0.280. The second-order valence-electron chi connectivity index (χ2n) is 8.37. The van der Waals surface area contributed by atoms with Gasteiger partial charge in [0.05, 0.1) is 18.2 Å². The molecule has 1 unspecified atom stereocenters. The zero-order valence-corrected chi connectivity index (χ0v) is 20.8. The summed E-state index contributed by atoms with van der Waals surface area (Å²) < 4.78 is 79.5. The van der Waals surface area contributed by atoms with Gasteiger partial charge in [0.25, 0.3) is 0 Å². The summed E-state index contributed by atoms with van der Waals surface area (Å²) in [6.45, 7) is -2.71. The van der Waals surface area contributed by atoms with Crippen molar-refractivity contribution in [2.45, 2.75) is 37.6 Å². The first-order valence-corrected chi connectivity index (χ1v) is 11.6. The Balaban J connectivity index is 1.93. The van der Waals surface area contributed by atoms with Crippen LogP contribution in [0.3, 0.4) is 0 Å². The molecule has 0 aliphatic rings. The Morgan fingerprint density at radius 3 is 2.27 bits per heavy atom. The topological polar surface area (TPSA) is 138 Å². The van der Waals surface area contributed by atoms with Gasteiger partial charge in [-0.25, -0.2) is 14.3 Å². The van der Waals surface area contributed by atoms with Gasteiger partial charge in [0.2, 0.25) is 5.91 Å². The number of carbonyl (C=O) groups is 2. The fourth-order valence-electron chi connectivity index (χ4n) is 3.55. The van der Waals surface area contributed by atoms with Crippen LogP contribution in [0.25, 0.3) is 11.4 Å². The van der Waals surface area contributed by atoms with E-state index in [1.165, 1.54) is 30.3 Å². The molecule has 0 fully saturated rings. The number of aromatic nitrogens is 3. The van der Waals surface area contributed by atoms with Gasteiger partial charge in [-0.1, -0.05) is 23.7 Å². The Morgan fingerprint density at radius 2 is 1.70 bits per heavy atom. The van der Waals surface area contributed by atoms with Crippen LogP contribution in [0.4, 0.5) is 31.1 Å². The second-order valence-corrected chi connectivity index (χ2v) is 8.80. The number of nitrogens with zero attached hydrogens (tertiary/aromatic N) is 3. The van der Waals surface area contributed by atoms with E-state index in [1.807, 2.05) is 5.32 Å². The third-order valence-electron chi connectivity index (χ3n) is 5.46. The van der Waals surface area contributed by atoms with Crippen LogP contribution in [0.2, 0.25) is 5.02 Å². The maximum atomic E-state index is 13.2. The van der Waals surface area contributed by atoms with Crippen molar-refractivity contribution >= 4 is 23.6 Å². The number of benzene rings is 2. The Kier molecular flexibility index (Phi) is 9.14. The lowest BCUT2D eigenvalue weighted by atomic mass is 10.0. The minimum atomic E-state index is -5.08. The molecule has 2 amide bonds. The molecule has 4 N–H and O–H groups in total. The molecule has 1 heterocycles. The lowest BCUT2D eigenvalue weighted by Gasteiger charge is -2.20. The van der Waals surface area contributed by atoms with E-state index < -0.39 is 67.4 Å². The van der Waals surface area contributed by atoms with Crippen molar-refractivity contribution in [3.63, 3.8) is 0 Å². The van der Waals surface area contributed by atoms with Gasteiger partial charge < -0.3 is 20.8 Å². The van der Waals surface area contributed by atoms with Gasteiger partial charge in [0, 0.05) is 17.1 Å². The van der Waals surface area contributed by atoms with E-state index in [2.05, 4.69) is 10.4 Å². The summed E-state index contributed by atoms with van der Waals surface area (Å²) in [4.78, 5) is 36.7. The minimum Gasteiger partial charge on any atom is -0.465 e. The van der Waals surface area contributed by atoms with E-state index in [9.17, 15) is 45.8 Å². The van der Waals surface area contributed by atoms with Crippen LogP contribution in [0, 0.1) is 0 Å². The number of aliphatic hydroxyl groups excluding tert-OH is 1. The summed E-state index contributed by atoms with van der Waals surface area (Å²) in [5.41, 5.74) is -2.26. The Hall–Kier alpha value is -4.05. The van der Waals surface area contributed by atoms with Gasteiger partial charge in [0.1, 0.15) is 6.54 Å². The summed E-state index contributed by atoms with van der Waals surface area (Å²) in [5, 5.41) is 26.9. The van der Waals surface area contributed by atoms with Gasteiger partial charge in [-0.15, -0.1) is 5.10 Å². The molecule has 0 aliphatic carbocycles. The van der Waals surface area contributed by atoms with Gasteiger partial charge in [0.15, 0.2) is 11.9 Å². The molecule has 0 saturated heterocycles. The number of rotatable bonds is 9. The lowest BCUT2D eigenvalue weighted by Crippen LogP contribution is -2.41. The summed E-state index contributed by atoms with van der Waals surface area (Å²) in [6, 6.07) is 7.82. The van der Waals surface area contributed by atoms with Crippen molar-refractivity contribution < 1.29 is 46.1 Å². The third-order valence-corrected chi connectivity index (χ3v) is 5.71. The van der Waals surface area contributed by atoms with Crippen molar-refractivity contribution in [2.75, 3.05) is 6.54 Å². The highest BCUT2D eigenvalue weighted by molar-refractivity contribution is 6.30. The number of amides is 2. The molecule has 1 aromatic heterocycles. The highest BCUT2D eigenvalue weighted by Crippen LogP contribution is 2.31. The predicted octanol–water partition coefficient (Wildman–Crippen LogP) is 3.43. The number of nitrogens with one attached hydrogen (secondary N) is 2. The number of aliphatic hydroxyl groups is 1. The molecular weight excluding hydrogens is 576 g/mol. The molecule has 0 spiro atoms. The highest BCUT2D eigenvalue weighted by atomic mass is 35.5. The van der Waals surface area contributed by atoms with Crippen LogP contribution < -0.4 is 16.3 Å². The SMILES string of the molecule is O=C(O)NCC(NC(=O)Cn1nc(-c2ccc(Cl)cc2)n(C[C@H](O)C(F)(F)F)c1=O)c1cccc(C(F)(F)F)c1. The number of carboxylic acid groups (broad SMARTS) is 1. The standard InChI is InChI=1S/C23H20ClF6N5O5/c24-15-6-4-12(5-7-15)19-33-35(21(40)34(19)10-17(36)23(28,29)30)11-18(37)32-16(9-31-20(38)39)13-2-1-3-14(8-13)22(25,26)27/h1-8,16-17,31,36H,9-11H2,(H,32,37)(H,38,39)/t16?,17-/m0/s1. The van der Waals surface area contributed by atoms with Crippen LogP contribution in [-0.4, -0.2) is 55.4 Å². The fourth-order valence-corrected chi connectivity index (χ4v) is 3.67. The Morgan fingerprint density at radius 1 is 1.05 bits per heavy atom. The van der Waals surface area contributed by atoms with Crippen LogP contribution in [0.1, 0.15) is 17.2 Å². The number of carbonyl (C=O) groups excluding carboxylic acids is 1. The van der Waals surface area contributed by atoms with E-state index >= 15 is 0 Å². The second kappa shape index (κ2) is 12.0. The van der Waals surface area contributed by atoms with Crippen molar-refractivity contribution in [3.8, 4) is 11.4 Å². The first-order valence-electron chi connectivity index (χ1n) is 11.2. The summed E-state index contributed by atoms with van der Waals surface area (Å²) in [5.74, 6) is -1.36. The molecule has 216 valence electrons. The Labute approximate surface area is 225 Å². The van der Waals surface area contributed by atoms with E-state index in [1.54, 1.807) is 0 Å². The summed E-state index contributed by atoms with van der Waals surface area (Å²) in [6.07, 6.45) is -14.3. The molecule has 0 saturated carbocycles. The smallest absolute Gasteiger partial charge is 0.416 e. The van der Waals surface area contributed by atoms with E-state index in [-0.39, 0.29) is 22.0 Å². The fraction of sp³-hybridized carbons (Fsp3) is 0.304. The van der Waals surface area contributed by atoms with Crippen LogP contribution in [0.5, 0.6) is 0 Å². The molecule has 0 aliphatic heterocycles. The number of alkyl halides is 6. The van der Waals surface area contributed by atoms with E-state index in [0.29, 0.717) is 15.3 Å². The van der Waals surface area contributed by atoms with Crippen molar-refractivity contribution in [1.82, 2.24) is 25.0 Å². The van der Waals surface area contributed by atoms with Gasteiger partial charge in [-0.3, -0.25) is 9.36 Å². The maximum absolute atomic E-state index is 13.2. The lowest BCUT2D eigenvalue weighted by molar-refractivity contribution is -0.207. The molecule has 2 atom stereocenters. The Bertz CT molecular complexity index is 1420. The molecule has 2 aromatic carbocycles. The zero-order chi connectivity index (χ0) is 29.8. The molecule has 0 bridgehead atoms. The van der Waals surface area contributed by atoms with Crippen molar-refractivity contribution in [3.05, 3.63) is 75.2 Å². The number of hydrogen-bond donors (Lipinski definition) is 4. The molecule has 17 heteroatoms. The number of halogens is 7. The highest BCUT2D eigenvalue weighted by Gasteiger charge is 2.39. The van der Waals surface area contributed by atoms with Crippen LogP contribution in [0.15, 0.2) is 53.3 Å².